The van der Waals surface area contributed by atoms with Crippen LogP contribution in [0.4, 0.5) is 0 Å². The van der Waals surface area contributed by atoms with Gasteiger partial charge in [-0.2, -0.15) is 5.26 Å². The van der Waals surface area contributed by atoms with Crippen molar-refractivity contribution in [2.45, 2.75) is 6.92 Å². The average Bonchev–Trinajstić information content (AvgIpc) is 1.99. The van der Waals surface area contributed by atoms with E-state index < -0.39 is 0 Å². The van der Waals surface area contributed by atoms with Gasteiger partial charge in [0.25, 0.3) is 0 Å². The monoisotopic (exact) mass is 166 g/mol. The summed E-state index contributed by atoms with van der Waals surface area (Å²) in [5.41, 5.74) is 0. The molecule has 1 rings (SSSR count). The van der Waals surface area contributed by atoms with Gasteiger partial charge in [-0.3, -0.25) is 0 Å². The van der Waals surface area contributed by atoms with Crippen LogP contribution in [0.1, 0.15) is 6.92 Å². The summed E-state index contributed by atoms with van der Waals surface area (Å²) < 4.78 is 0. The molecule has 2 nitrogen and oxygen atoms in total. The topological polar surface area (TPSA) is 27.0 Å². The van der Waals surface area contributed by atoms with E-state index in [1.54, 1.807) is 0 Å². The molecule has 3 heteroatoms. The van der Waals surface area contributed by atoms with Crippen LogP contribution < -0.4 is 0 Å². The Bertz CT molecular complexity index is 239. The molecule has 0 aromatic rings. The Labute approximate surface area is 72.1 Å². The van der Waals surface area contributed by atoms with Gasteiger partial charge in [-0.1, -0.05) is 25.2 Å². The van der Waals surface area contributed by atoms with Crippen molar-refractivity contribution in [2.75, 3.05) is 7.05 Å². The summed E-state index contributed by atoms with van der Waals surface area (Å²) in [5.74, 6) is 0.128. The molecule has 1 heterocycles. The average molecular weight is 166 g/mol. The van der Waals surface area contributed by atoms with Crippen molar-refractivity contribution < 1.29 is 0 Å². The summed E-state index contributed by atoms with van der Waals surface area (Å²) in [4.78, 5) is 2.55. The number of hydrogen-bond donors (Lipinski definition) is 0. The van der Waals surface area contributed by atoms with Crippen LogP contribution in [-0.4, -0.2) is 16.9 Å². The van der Waals surface area contributed by atoms with Crippen molar-refractivity contribution in [3.63, 3.8) is 0 Å². The van der Waals surface area contributed by atoms with Gasteiger partial charge in [0.15, 0.2) is 0 Å². The molecule has 0 radical (unpaired) electrons. The minimum atomic E-state index is -0.125. The standard InChI is InChI=1S/C8H10N2S/c1-6-3-4-10(2)8(11)7(6)5-9/h3-4,6-7H,1-2H3. The van der Waals surface area contributed by atoms with Gasteiger partial charge in [-0.15, -0.1) is 0 Å². The first kappa shape index (κ1) is 8.22. The molecule has 0 spiro atoms. The van der Waals surface area contributed by atoms with Crippen molar-refractivity contribution in [3.8, 4) is 6.07 Å². The van der Waals surface area contributed by atoms with Crippen LogP contribution in [0.25, 0.3) is 0 Å². The van der Waals surface area contributed by atoms with E-state index in [1.165, 1.54) is 0 Å². The van der Waals surface area contributed by atoms with Gasteiger partial charge in [0, 0.05) is 13.2 Å². The van der Waals surface area contributed by atoms with Crippen molar-refractivity contribution in [1.82, 2.24) is 4.90 Å². The Morgan fingerprint density at radius 1 is 1.73 bits per heavy atom. The largest absolute Gasteiger partial charge is 0.345 e. The van der Waals surface area contributed by atoms with Crippen LogP contribution in [0.15, 0.2) is 12.3 Å². The maximum Gasteiger partial charge on any atom is 0.103 e. The molecular formula is C8H10N2S. The number of hydrogen-bond acceptors (Lipinski definition) is 2. The highest BCUT2D eigenvalue weighted by Crippen LogP contribution is 2.20. The summed E-state index contributed by atoms with van der Waals surface area (Å²) in [5, 5.41) is 8.75. The molecule has 1 aliphatic rings. The van der Waals surface area contributed by atoms with Crippen LogP contribution in [0, 0.1) is 23.2 Å². The molecule has 0 fully saturated rings. The third-order valence-corrected chi connectivity index (χ3v) is 2.43. The summed E-state index contributed by atoms with van der Waals surface area (Å²) in [6, 6.07) is 2.20. The van der Waals surface area contributed by atoms with Gasteiger partial charge in [0.2, 0.25) is 0 Å². The fourth-order valence-corrected chi connectivity index (χ4v) is 1.39. The van der Waals surface area contributed by atoms with Crippen LogP contribution >= 0.6 is 12.2 Å². The molecule has 0 amide bonds. The number of thiocarbonyl (C=S) groups is 1. The zero-order valence-corrected chi connectivity index (χ0v) is 7.43. The number of rotatable bonds is 0. The summed E-state index contributed by atoms with van der Waals surface area (Å²) in [6.07, 6.45) is 3.92. The lowest BCUT2D eigenvalue weighted by atomic mass is 9.92. The molecule has 0 aromatic carbocycles. The summed E-state index contributed by atoms with van der Waals surface area (Å²) in [7, 11) is 1.87. The minimum absolute atomic E-state index is 0.125. The second-order valence-corrected chi connectivity index (χ2v) is 3.17. The fraction of sp³-hybridized carbons (Fsp3) is 0.500. The summed E-state index contributed by atoms with van der Waals surface area (Å²) >= 11 is 5.08. The number of nitrogens with zero attached hydrogens (tertiary/aromatic N) is 2. The number of allylic oxidation sites excluding steroid dienone is 1. The van der Waals surface area contributed by atoms with E-state index in [9.17, 15) is 0 Å². The lowest BCUT2D eigenvalue weighted by Crippen LogP contribution is -2.33. The van der Waals surface area contributed by atoms with Crippen molar-refractivity contribution in [2.24, 2.45) is 11.8 Å². The smallest absolute Gasteiger partial charge is 0.103 e. The molecule has 58 valence electrons. The van der Waals surface area contributed by atoms with E-state index in [2.05, 4.69) is 6.07 Å². The van der Waals surface area contributed by atoms with Gasteiger partial charge >= 0.3 is 0 Å². The molecule has 2 unspecified atom stereocenters. The van der Waals surface area contributed by atoms with Crippen molar-refractivity contribution in [3.05, 3.63) is 12.3 Å². The molecule has 1 aliphatic heterocycles. The van der Waals surface area contributed by atoms with E-state index in [1.807, 2.05) is 31.1 Å². The zero-order valence-electron chi connectivity index (χ0n) is 6.61. The van der Waals surface area contributed by atoms with E-state index in [0.29, 0.717) is 0 Å². The first-order valence-corrected chi connectivity index (χ1v) is 3.92. The third-order valence-electron chi connectivity index (χ3n) is 1.89. The maximum atomic E-state index is 8.75. The van der Waals surface area contributed by atoms with E-state index in [4.69, 9.17) is 17.5 Å². The van der Waals surface area contributed by atoms with Gasteiger partial charge in [-0.05, 0) is 5.92 Å². The van der Waals surface area contributed by atoms with E-state index in [-0.39, 0.29) is 11.8 Å². The fourth-order valence-electron chi connectivity index (χ4n) is 1.07. The molecule has 11 heavy (non-hydrogen) atoms. The zero-order chi connectivity index (χ0) is 8.43. The van der Waals surface area contributed by atoms with Gasteiger partial charge < -0.3 is 4.90 Å². The van der Waals surface area contributed by atoms with Gasteiger partial charge in [0.1, 0.15) is 5.92 Å². The van der Waals surface area contributed by atoms with Crippen molar-refractivity contribution in [1.29, 1.82) is 5.26 Å². The van der Waals surface area contributed by atoms with Gasteiger partial charge in [0.05, 0.1) is 11.1 Å². The molecule has 0 saturated carbocycles. The van der Waals surface area contributed by atoms with E-state index >= 15 is 0 Å². The molecule has 0 aliphatic carbocycles. The SMILES string of the molecule is CC1C=CN(C)C(=S)C1C#N. The first-order chi connectivity index (χ1) is 5.16. The second kappa shape index (κ2) is 3.02. The van der Waals surface area contributed by atoms with Crippen LogP contribution in [0.3, 0.4) is 0 Å². The lowest BCUT2D eigenvalue weighted by molar-refractivity contribution is 0.539. The minimum Gasteiger partial charge on any atom is -0.345 e. The molecule has 0 bridgehead atoms. The Balaban J connectivity index is 2.89. The predicted octanol–water partition coefficient (Wildman–Crippen LogP) is 1.55. The molecule has 0 saturated heterocycles. The Morgan fingerprint density at radius 2 is 2.36 bits per heavy atom. The highest BCUT2D eigenvalue weighted by atomic mass is 32.1. The molecule has 2 atom stereocenters. The van der Waals surface area contributed by atoms with Crippen LogP contribution in [0.2, 0.25) is 0 Å². The predicted molar refractivity (Wildman–Crippen MR) is 47.8 cm³/mol. The Kier molecular flexibility index (Phi) is 2.25. The van der Waals surface area contributed by atoms with Crippen LogP contribution in [0.5, 0.6) is 0 Å². The van der Waals surface area contributed by atoms with E-state index in [0.717, 1.165) is 4.99 Å². The lowest BCUT2D eigenvalue weighted by Gasteiger charge is -2.27. The maximum absolute atomic E-state index is 8.75. The quantitative estimate of drug-likeness (QED) is 0.511. The molecule has 0 N–H and O–H groups in total. The second-order valence-electron chi connectivity index (χ2n) is 2.76. The highest BCUT2D eigenvalue weighted by molar-refractivity contribution is 7.80. The van der Waals surface area contributed by atoms with Crippen molar-refractivity contribution >= 4 is 17.2 Å². The Hall–Kier alpha value is -0.880. The third kappa shape index (κ3) is 1.41. The van der Waals surface area contributed by atoms with Gasteiger partial charge in [-0.25, -0.2) is 0 Å². The molecule has 0 aromatic heterocycles. The number of nitriles is 1. The Morgan fingerprint density at radius 3 is 2.82 bits per heavy atom. The molecular weight excluding hydrogens is 156 g/mol. The van der Waals surface area contributed by atoms with Crippen LogP contribution in [-0.2, 0) is 0 Å². The first-order valence-electron chi connectivity index (χ1n) is 3.51. The normalized spacial score (nSPS) is 30.3. The highest BCUT2D eigenvalue weighted by Gasteiger charge is 2.24. The summed E-state index contributed by atoms with van der Waals surface area (Å²) in [6.45, 7) is 2.00.